The van der Waals surface area contributed by atoms with Gasteiger partial charge in [0.25, 0.3) is 0 Å². The van der Waals surface area contributed by atoms with Crippen LogP contribution in [0, 0.1) is 0 Å². The van der Waals surface area contributed by atoms with Crippen LogP contribution < -0.4 is 5.73 Å². The fourth-order valence-corrected chi connectivity index (χ4v) is 2.16. The molecule has 0 bridgehead atoms. The first kappa shape index (κ1) is 12.3. The summed E-state index contributed by atoms with van der Waals surface area (Å²) in [6, 6.07) is -0.924. The largest absolute Gasteiger partial charge is 0.480 e. The Morgan fingerprint density at radius 3 is 2.87 bits per heavy atom. The summed E-state index contributed by atoms with van der Waals surface area (Å²) in [5.74, 6) is -0.349. The quantitative estimate of drug-likeness (QED) is 0.683. The number of carbonyl (C=O) groups is 2. The lowest BCUT2D eigenvalue weighted by molar-refractivity contribution is -0.148. The third kappa shape index (κ3) is 3.10. The van der Waals surface area contributed by atoms with Crippen molar-refractivity contribution in [3.8, 4) is 0 Å². The smallest absolute Gasteiger partial charge is 0.326 e. The number of carboxylic acid groups (broad SMARTS) is 1. The van der Waals surface area contributed by atoms with Crippen molar-refractivity contribution in [3.05, 3.63) is 0 Å². The molecule has 1 fully saturated rings. The number of thioether (sulfide) groups is 1. The Morgan fingerprint density at radius 2 is 2.47 bits per heavy atom. The van der Waals surface area contributed by atoms with Crippen LogP contribution in [0.25, 0.3) is 0 Å². The van der Waals surface area contributed by atoms with E-state index >= 15 is 0 Å². The number of rotatable bonds is 5. The highest BCUT2D eigenvalue weighted by Crippen LogP contribution is 2.16. The number of hydrogen-bond donors (Lipinski definition) is 2. The molecule has 1 saturated heterocycles. The minimum Gasteiger partial charge on any atom is -0.480 e. The van der Waals surface area contributed by atoms with Gasteiger partial charge in [0.05, 0.1) is 0 Å². The molecule has 0 aromatic rings. The topological polar surface area (TPSA) is 83.6 Å². The number of aliphatic carboxylic acids is 1. The first-order valence-corrected chi connectivity index (χ1v) is 6.22. The number of nitrogens with two attached hydrogens (primary N) is 1. The number of hydrogen-bond acceptors (Lipinski definition) is 4. The van der Waals surface area contributed by atoms with E-state index in [1.807, 2.05) is 6.26 Å². The highest BCUT2D eigenvalue weighted by molar-refractivity contribution is 7.98. The summed E-state index contributed by atoms with van der Waals surface area (Å²) in [6.07, 6.45) is 2.66. The van der Waals surface area contributed by atoms with E-state index in [9.17, 15) is 9.59 Å². The lowest BCUT2D eigenvalue weighted by atomic mass is 10.2. The van der Waals surface area contributed by atoms with Crippen LogP contribution in [0.15, 0.2) is 0 Å². The minimum absolute atomic E-state index is 0.143. The second-order valence-corrected chi connectivity index (χ2v) is 4.63. The number of carboxylic acids is 1. The zero-order chi connectivity index (χ0) is 11.4. The first-order chi connectivity index (χ1) is 7.06. The van der Waals surface area contributed by atoms with Crippen LogP contribution in [-0.2, 0) is 9.59 Å². The summed E-state index contributed by atoms with van der Waals surface area (Å²) in [5.41, 5.74) is 5.62. The number of carbonyl (C=O) groups excluding carboxylic acids is 1. The van der Waals surface area contributed by atoms with Crippen LogP contribution in [0.2, 0.25) is 0 Å². The predicted octanol–water partition coefficient (Wildman–Crippen LogP) is -0.248. The Morgan fingerprint density at radius 1 is 1.80 bits per heavy atom. The lowest BCUT2D eigenvalue weighted by Crippen LogP contribution is -2.43. The van der Waals surface area contributed by atoms with E-state index in [1.54, 1.807) is 11.8 Å². The molecule has 6 heteroatoms. The molecule has 15 heavy (non-hydrogen) atoms. The first-order valence-electron chi connectivity index (χ1n) is 4.83. The molecule has 1 rings (SSSR count). The van der Waals surface area contributed by atoms with Gasteiger partial charge >= 0.3 is 5.97 Å². The summed E-state index contributed by atoms with van der Waals surface area (Å²) in [5, 5.41) is 9.02. The fraction of sp³-hybridized carbons (Fsp3) is 0.778. The Hall–Kier alpha value is -0.750. The second-order valence-electron chi connectivity index (χ2n) is 3.65. The van der Waals surface area contributed by atoms with Crippen molar-refractivity contribution in [2.75, 3.05) is 18.6 Å². The van der Waals surface area contributed by atoms with Gasteiger partial charge in [-0.1, -0.05) is 0 Å². The molecule has 0 aliphatic carbocycles. The molecule has 3 N–H and O–H groups in total. The molecule has 0 spiro atoms. The average Bonchev–Trinajstić information content (AvgIpc) is 2.46. The Bertz CT molecular complexity index is 260. The van der Waals surface area contributed by atoms with E-state index in [0.29, 0.717) is 13.0 Å². The third-order valence-electron chi connectivity index (χ3n) is 2.45. The van der Waals surface area contributed by atoms with Crippen LogP contribution in [0.5, 0.6) is 0 Å². The van der Waals surface area contributed by atoms with Crippen LogP contribution in [0.1, 0.15) is 12.8 Å². The zero-order valence-corrected chi connectivity index (χ0v) is 9.50. The number of likely N-dealkylation sites (tertiary alicyclic amines) is 1. The van der Waals surface area contributed by atoms with Gasteiger partial charge in [-0.25, -0.2) is 4.79 Å². The predicted molar refractivity (Wildman–Crippen MR) is 58.7 cm³/mol. The van der Waals surface area contributed by atoms with E-state index in [0.717, 1.165) is 5.75 Å². The van der Waals surface area contributed by atoms with Gasteiger partial charge in [-0.15, -0.1) is 0 Å². The monoisotopic (exact) mass is 232 g/mol. The third-order valence-corrected chi connectivity index (χ3v) is 3.09. The summed E-state index contributed by atoms with van der Waals surface area (Å²) in [7, 11) is 0. The molecule has 1 heterocycles. The van der Waals surface area contributed by atoms with Gasteiger partial charge in [-0.3, -0.25) is 4.79 Å². The molecule has 1 aliphatic heterocycles. The van der Waals surface area contributed by atoms with E-state index < -0.39 is 12.0 Å². The standard InChI is InChI=1S/C9H16N2O3S/c1-15-3-2-7(9(13)14)11-5-6(10)4-8(11)12/h6-7H,2-5,10H2,1H3,(H,13,14). The Labute approximate surface area is 93.0 Å². The van der Waals surface area contributed by atoms with Crippen molar-refractivity contribution in [1.29, 1.82) is 0 Å². The van der Waals surface area contributed by atoms with Crippen molar-refractivity contribution in [3.63, 3.8) is 0 Å². The maximum absolute atomic E-state index is 11.5. The van der Waals surface area contributed by atoms with Crippen LogP contribution in [0.3, 0.4) is 0 Å². The Balaban J connectivity index is 2.63. The van der Waals surface area contributed by atoms with Gasteiger partial charge in [0.1, 0.15) is 6.04 Å². The van der Waals surface area contributed by atoms with E-state index in [-0.39, 0.29) is 18.4 Å². The molecule has 0 saturated carbocycles. The van der Waals surface area contributed by atoms with Gasteiger partial charge in [-0.05, 0) is 18.4 Å². The van der Waals surface area contributed by atoms with Crippen molar-refractivity contribution < 1.29 is 14.7 Å². The summed E-state index contributed by atoms with van der Waals surface area (Å²) < 4.78 is 0. The van der Waals surface area contributed by atoms with Gasteiger partial charge in [0.15, 0.2) is 0 Å². The lowest BCUT2D eigenvalue weighted by Gasteiger charge is -2.24. The average molecular weight is 232 g/mol. The van der Waals surface area contributed by atoms with Crippen molar-refractivity contribution in [2.24, 2.45) is 5.73 Å². The fourth-order valence-electron chi connectivity index (χ4n) is 1.70. The van der Waals surface area contributed by atoms with Gasteiger partial charge in [0.2, 0.25) is 5.91 Å². The van der Waals surface area contributed by atoms with Crippen molar-refractivity contribution in [2.45, 2.75) is 24.9 Å². The summed E-state index contributed by atoms with van der Waals surface area (Å²) >= 11 is 1.58. The van der Waals surface area contributed by atoms with E-state index in [2.05, 4.69) is 0 Å². The SMILES string of the molecule is CSCCC(C(=O)O)N1CC(N)CC1=O. The normalized spacial score (nSPS) is 23.2. The maximum atomic E-state index is 11.5. The molecule has 1 amide bonds. The molecule has 0 aromatic carbocycles. The molecule has 2 unspecified atom stereocenters. The highest BCUT2D eigenvalue weighted by atomic mass is 32.2. The van der Waals surface area contributed by atoms with Crippen LogP contribution in [-0.4, -0.2) is 52.5 Å². The van der Waals surface area contributed by atoms with E-state index in [4.69, 9.17) is 10.8 Å². The van der Waals surface area contributed by atoms with Crippen molar-refractivity contribution >= 4 is 23.6 Å². The van der Waals surface area contributed by atoms with E-state index in [1.165, 1.54) is 4.90 Å². The molecule has 5 nitrogen and oxygen atoms in total. The van der Waals surface area contributed by atoms with Crippen LogP contribution in [0.4, 0.5) is 0 Å². The molecule has 0 radical (unpaired) electrons. The van der Waals surface area contributed by atoms with Gasteiger partial charge in [0, 0.05) is 19.0 Å². The molecule has 1 aliphatic rings. The number of nitrogens with zero attached hydrogens (tertiary/aromatic N) is 1. The Kier molecular flexibility index (Phi) is 4.41. The second kappa shape index (κ2) is 5.37. The number of amides is 1. The zero-order valence-electron chi connectivity index (χ0n) is 8.68. The minimum atomic E-state index is -0.938. The molecule has 0 aromatic heterocycles. The maximum Gasteiger partial charge on any atom is 0.326 e. The van der Waals surface area contributed by atoms with Gasteiger partial charge < -0.3 is 15.7 Å². The molecule has 86 valence electrons. The summed E-state index contributed by atoms with van der Waals surface area (Å²) in [6.45, 7) is 0.365. The van der Waals surface area contributed by atoms with Crippen LogP contribution >= 0.6 is 11.8 Å². The van der Waals surface area contributed by atoms with Crippen molar-refractivity contribution in [1.82, 2.24) is 4.90 Å². The molecule has 2 atom stereocenters. The van der Waals surface area contributed by atoms with Gasteiger partial charge in [-0.2, -0.15) is 11.8 Å². The highest BCUT2D eigenvalue weighted by Gasteiger charge is 2.35. The molecular weight excluding hydrogens is 216 g/mol. The summed E-state index contributed by atoms with van der Waals surface area (Å²) in [4.78, 5) is 23.9. The molecular formula is C9H16N2O3S.